The number of hydrogen-bond donors (Lipinski definition) is 1. The minimum absolute atomic E-state index is 0.0557. The number of allylic oxidation sites excluding steroid dienone is 1. The van der Waals surface area contributed by atoms with Gasteiger partial charge in [-0.05, 0) is 25.7 Å². The lowest BCUT2D eigenvalue weighted by Crippen LogP contribution is -2.41. The number of carbonyl (C=O) groups excluding carboxylic acids is 1. The largest absolute Gasteiger partial charge is 0.388 e. The molecule has 84 valence electrons. The maximum Gasteiger partial charge on any atom is 0.142 e. The molecule has 0 saturated heterocycles. The van der Waals surface area contributed by atoms with E-state index in [1.54, 1.807) is 0 Å². The average molecular weight is 208 g/mol. The van der Waals surface area contributed by atoms with Crippen molar-refractivity contribution >= 4 is 5.78 Å². The van der Waals surface area contributed by atoms with Gasteiger partial charge in [0.1, 0.15) is 5.78 Å². The van der Waals surface area contributed by atoms with Gasteiger partial charge in [0.05, 0.1) is 12.0 Å². The summed E-state index contributed by atoms with van der Waals surface area (Å²) in [4.78, 5) is 12.0. The predicted molar refractivity (Wildman–Crippen MR) is 61.4 cm³/mol. The van der Waals surface area contributed by atoms with Crippen LogP contribution < -0.4 is 0 Å². The quantitative estimate of drug-likeness (QED) is 0.723. The van der Waals surface area contributed by atoms with Crippen LogP contribution in [0.1, 0.15) is 26.7 Å². The summed E-state index contributed by atoms with van der Waals surface area (Å²) in [6, 6.07) is 0. The molecule has 1 aliphatic carbocycles. The smallest absolute Gasteiger partial charge is 0.142 e. The Hall–Kier alpha value is -0.890. The predicted octanol–water partition coefficient (Wildman–Crippen LogP) is 2.34. The molecule has 1 fully saturated rings. The molecule has 1 N–H and O–H groups in total. The van der Waals surface area contributed by atoms with Crippen molar-refractivity contribution in [3.05, 3.63) is 24.8 Å². The summed E-state index contributed by atoms with van der Waals surface area (Å²) in [6.07, 6.45) is 2.56. The summed E-state index contributed by atoms with van der Waals surface area (Å²) in [5.74, 6) is -0.00713. The molecule has 1 rings (SSSR count). The van der Waals surface area contributed by atoms with Crippen LogP contribution in [-0.2, 0) is 4.79 Å². The molecule has 0 amide bonds. The van der Waals surface area contributed by atoms with Gasteiger partial charge in [-0.1, -0.05) is 25.2 Å². The second kappa shape index (κ2) is 4.75. The van der Waals surface area contributed by atoms with Crippen LogP contribution in [0.25, 0.3) is 0 Å². The first-order valence-corrected chi connectivity index (χ1v) is 5.48. The highest BCUT2D eigenvalue weighted by Gasteiger charge is 2.39. The molecule has 0 aromatic rings. The first kappa shape index (κ1) is 12.2. The van der Waals surface area contributed by atoms with Crippen LogP contribution in [0.5, 0.6) is 0 Å². The van der Waals surface area contributed by atoms with E-state index in [-0.39, 0.29) is 23.5 Å². The van der Waals surface area contributed by atoms with Gasteiger partial charge in [0.2, 0.25) is 0 Å². The van der Waals surface area contributed by atoms with E-state index in [4.69, 9.17) is 0 Å². The zero-order valence-corrected chi connectivity index (χ0v) is 9.57. The normalized spacial score (nSPS) is 33.5. The lowest BCUT2D eigenvalue weighted by Gasteiger charge is -2.35. The summed E-state index contributed by atoms with van der Waals surface area (Å²) in [5.41, 5.74) is 0.987. The Labute approximate surface area is 91.7 Å². The zero-order chi connectivity index (χ0) is 11.6. The standard InChI is InChI=1S/C13H20O2/c1-5-11(14)12-10(8(2)3)7-6-9(4)13(12)15/h5,9-12,14H,1-2,6-7H2,3-4H3/t9-,10+,11+,12-/m1/s1. The fraction of sp³-hybridized carbons (Fsp3) is 0.615. The van der Waals surface area contributed by atoms with Crippen LogP contribution in [-0.4, -0.2) is 17.0 Å². The monoisotopic (exact) mass is 208 g/mol. The molecule has 0 aromatic carbocycles. The fourth-order valence-electron chi connectivity index (χ4n) is 2.38. The van der Waals surface area contributed by atoms with E-state index in [0.717, 1.165) is 18.4 Å². The van der Waals surface area contributed by atoms with Crippen molar-refractivity contribution in [1.29, 1.82) is 0 Å². The van der Waals surface area contributed by atoms with Gasteiger partial charge in [-0.15, -0.1) is 6.58 Å². The molecule has 0 heterocycles. The Balaban J connectivity index is 2.94. The van der Waals surface area contributed by atoms with Crippen molar-refractivity contribution in [3.63, 3.8) is 0 Å². The second-order valence-corrected chi connectivity index (χ2v) is 4.59. The first-order chi connectivity index (χ1) is 6.99. The number of rotatable bonds is 3. The molecular weight excluding hydrogens is 188 g/mol. The molecule has 2 heteroatoms. The maximum atomic E-state index is 12.0. The van der Waals surface area contributed by atoms with E-state index in [2.05, 4.69) is 13.2 Å². The highest BCUT2D eigenvalue weighted by atomic mass is 16.3. The van der Waals surface area contributed by atoms with Gasteiger partial charge in [-0.3, -0.25) is 4.79 Å². The SMILES string of the molecule is C=C[C@H](O)[C@@H]1C(=O)[C@H](C)CC[C@H]1C(=C)C. The number of aliphatic hydroxyl groups excluding tert-OH is 1. The van der Waals surface area contributed by atoms with Crippen molar-refractivity contribution in [2.75, 3.05) is 0 Å². The highest BCUT2D eigenvalue weighted by Crippen LogP contribution is 2.37. The third-order valence-corrected chi connectivity index (χ3v) is 3.40. The number of Topliss-reactive ketones (excluding diaryl/α,β-unsaturated/α-hetero) is 1. The summed E-state index contributed by atoms with van der Waals surface area (Å²) >= 11 is 0. The molecule has 0 aliphatic heterocycles. The number of carbonyl (C=O) groups is 1. The molecule has 0 bridgehead atoms. The van der Waals surface area contributed by atoms with Gasteiger partial charge >= 0.3 is 0 Å². The van der Waals surface area contributed by atoms with E-state index >= 15 is 0 Å². The molecule has 4 atom stereocenters. The summed E-state index contributed by atoms with van der Waals surface area (Å²) in [7, 11) is 0. The van der Waals surface area contributed by atoms with E-state index in [1.165, 1.54) is 6.08 Å². The molecule has 1 aliphatic rings. The lowest BCUT2D eigenvalue weighted by atomic mass is 9.69. The van der Waals surface area contributed by atoms with Gasteiger partial charge in [-0.2, -0.15) is 0 Å². The average Bonchev–Trinajstić information content (AvgIpc) is 2.20. The Morgan fingerprint density at radius 2 is 2.20 bits per heavy atom. The molecule has 0 spiro atoms. The van der Waals surface area contributed by atoms with Crippen LogP contribution in [0.15, 0.2) is 24.8 Å². The van der Waals surface area contributed by atoms with Crippen molar-refractivity contribution < 1.29 is 9.90 Å². The Bertz CT molecular complexity index is 280. The minimum atomic E-state index is -0.734. The van der Waals surface area contributed by atoms with Crippen LogP contribution in [0.2, 0.25) is 0 Å². The van der Waals surface area contributed by atoms with Gasteiger partial charge in [0, 0.05) is 5.92 Å². The van der Waals surface area contributed by atoms with Crippen LogP contribution >= 0.6 is 0 Å². The van der Waals surface area contributed by atoms with E-state index < -0.39 is 6.10 Å². The van der Waals surface area contributed by atoms with Crippen LogP contribution in [0.3, 0.4) is 0 Å². The maximum absolute atomic E-state index is 12.0. The van der Waals surface area contributed by atoms with E-state index in [0.29, 0.717) is 0 Å². The Morgan fingerprint density at radius 3 is 2.67 bits per heavy atom. The van der Waals surface area contributed by atoms with Gasteiger partial charge < -0.3 is 5.11 Å². The molecule has 15 heavy (non-hydrogen) atoms. The Morgan fingerprint density at radius 1 is 1.60 bits per heavy atom. The fourth-order valence-corrected chi connectivity index (χ4v) is 2.38. The van der Waals surface area contributed by atoms with Crippen LogP contribution in [0.4, 0.5) is 0 Å². The second-order valence-electron chi connectivity index (χ2n) is 4.59. The lowest BCUT2D eigenvalue weighted by molar-refractivity contribution is -0.133. The minimum Gasteiger partial charge on any atom is -0.388 e. The molecule has 0 unspecified atom stereocenters. The number of hydrogen-bond acceptors (Lipinski definition) is 2. The molecule has 1 saturated carbocycles. The van der Waals surface area contributed by atoms with Gasteiger partial charge in [0.15, 0.2) is 0 Å². The number of aliphatic hydroxyl groups is 1. The van der Waals surface area contributed by atoms with Crippen LogP contribution in [0, 0.1) is 17.8 Å². The van der Waals surface area contributed by atoms with Crippen molar-refractivity contribution in [2.24, 2.45) is 17.8 Å². The molecule has 0 radical (unpaired) electrons. The number of ketones is 1. The zero-order valence-electron chi connectivity index (χ0n) is 9.57. The van der Waals surface area contributed by atoms with Gasteiger partial charge in [-0.25, -0.2) is 0 Å². The third kappa shape index (κ3) is 2.37. The molecule has 0 aromatic heterocycles. The van der Waals surface area contributed by atoms with E-state index in [1.807, 2.05) is 13.8 Å². The van der Waals surface area contributed by atoms with Crippen molar-refractivity contribution in [2.45, 2.75) is 32.8 Å². The Kier molecular flexibility index (Phi) is 3.86. The van der Waals surface area contributed by atoms with Gasteiger partial charge in [0.25, 0.3) is 0 Å². The van der Waals surface area contributed by atoms with E-state index in [9.17, 15) is 9.90 Å². The molecular formula is C13H20O2. The highest BCUT2D eigenvalue weighted by molar-refractivity contribution is 5.85. The first-order valence-electron chi connectivity index (χ1n) is 5.48. The summed E-state index contributed by atoms with van der Waals surface area (Å²) < 4.78 is 0. The summed E-state index contributed by atoms with van der Waals surface area (Å²) in [6.45, 7) is 11.3. The van der Waals surface area contributed by atoms with Crippen molar-refractivity contribution in [3.8, 4) is 0 Å². The third-order valence-electron chi connectivity index (χ3n) is 3.40. The summed E-state index contributed by atoms with van der Waals surface area (Å²) in [5, 5.41) is 9.81. The van der Waals surface area contributed by atoms with Crippen molar-refractivity contribution in [1.82, 2.24) is 0 Å². The molecule has 2 nitrogen and oxygen atoms in total. The topological polar surface area (TPSA) is 37.3 Å².